The van der Waals surface area contributed by atoms with Gasteiger partial charge in [0, 0.05) is 0 Å². The number of rotatable bonds is 3. The number of para-hydroxylation sites is 1. The summed E-state index contributed by atoms with van der Waals surface area (Å²) < 4.78 is 13.7. The fourth-order valence-electron chi connectivity index (χ4n) is 6.72. The second-order valence-corrected chi connectivity index (χ2v) is 16.6. The molecule has 5 aromatic rings. The maximum atomic E-state index is 6.93. The average Bonchev–Trinajstić information content (AvgIpc) is 3.44. The minimum atomic E-state index is -2.96. The quantitative estimate of drug-likeness (QED) is 0.193. The Morgan fingerprint density at radius 2 is 1.56 bits per heavy atom. The van der Waals surface area contributed by atoms with Crippen LogP contribution >= 0.6 is 6.83 Å². The standard InChI is InChI=1S/C34H31BNO2P/c1-23-19-20-24(2)38-39(3,4,22-23)30-18-10-15-27-32(30)33-28(16-11-21-36-33)35(27)34-31(25-12-6-5-7-13-25)26-14-8-9-17-29(26)37-34/h5-18,20-22H,19H2,1-4H3. The van der Waals surface area contributed by atoms with E-state index in [1.54, 1.807) is 0 Å². The second-order valence-electron chi connectivity index (χ2n) is 11.5. The number of hydrogen-bond donors (Lipinski definition) is 0. The first-order valence-corrected chi connectivity index (χ1v) is 16.7. The van der Waals surface area contributed by atoms with Crippen molar-refractivity contribution in [2.24, 2.45) is 0 Å². The molecule has 3 nitrogen and oxygen atoms in total. The Kier molecular flexibility index (Phi) is 5.31. The van der Waals surface area contributed by atoms with Crippen LogP contribution in [-0.4, -0.2) is 25.0 Å². The molecule has 0 N–H and O–H groups in total. The van der Waals surface area contributed by atoms with Crippen LogP contribution in [0.4, 0.5) is 0 Å². The molecule has 0 amide bonds. The van der Waals surface area contributed by atoms with E-state index >= 15 is 0 Å². The number of furan rings is 1. The molecule has 4 heterocycles. The van der Waals surface area contributed by atoms with Gasteiger partial charge in [-0.15, -0.1) is 0 Å². The van der Waals surface area contributed by atoms with E-state index in [1.807, 2.05) is 18.3 Å². The van der Waals surface area contributed by atoms with E-state index in [9.17, 15) is 0 Å². The van der Waals surface area contributed by atoms with E-state index in [0.29, 0.717) is 0 Å². The van der Waals surface area contributed by atoms with Gasteiger partial charge in [0.1, 0.15) is 0 Å². The second kappa shape index (κ2) is 8.56. The topological polar surface area (TPSA) is 35.3 Å². The van der Waals surface area contributed by atoms with E-state index in [4.69, 9.17) is 13.9 Å². The molecule has 39 heavy (non-hydrogen) atoms. The molecule has 2 aromatic heterocycles. The maximum absolute atomic E-state index is 6.93. The zero-order valence-corrected chi connectivity index (χ0v) is 23.7. The first-order valence-electron chi connectivity index (χ1n) is 13.5. The summed E-state index contributed by atoms with van der Waals surface area (Å²) in [5.74, 6) is 3.41. The van der Waals surface area contributed by atoms with Crippen LogP contribution in [0.5, 0.6) is 0 Å². The monoisotopic (exact) mass is 527 g/mol. The van der Waals surface area contributed by atoms with E-state index in [1.165, 1.54) is 27.4 Å². The molecule has 2 aliphatic heterocycles. The third-order valence-corrected chi connectivity index (χ3v) is 12.0. The van der Waals surface area contributed by atoms with Gasteiger partial charge in [0.25, 0.3) is 0 Å². The Morgan fingerprint density at radius 3 is 2.41 bits per heavy atom. The summed E-state index contributed by atoms with van der Waals surface area (Å²) in [5.41, 5.74) is 10.1. The third kappa shape index (κ3) is 3.73. The Morgan fingerprint density at radius 1 is 0.795 bits per heavy atom. The van der Waals surface area contributed by atoms with Gasteiger partial charge in [0.2, 0.25) is 0 Å². The molecule has 0 atom stereocenters. The molecular weight excluding hydrogens is 496 g/mol. The van der Waals surface area contributed by atoms with Crippen molar-refractivity contribution in [3.63, 3.8) is 0 Å². The molecule has 7 rings (SSSR count). The molecule has 0 saturated carbocycles. The Bertz CT molecular complexity index is 1830. The van der Waals surface area contributed by atoms with E-state index in [2.05, 4.69) is 112 Å². The fraction of sp³-hybridized carbons (Fsp3) is 0.147. The summed E-state index contributed by atoms with van der Waals surface area (Å²) in [5, 5.41) is 2.38. The van der Waals surface area contributed by atoms with Crippen molar-refractivity contribution in [3.8, 4) is 22.4 Å². The number of benzene rings is 3. The van der Waals surface area contributed by atoms with Crippen LogP contribution in [0.2, 0.25) is 0 Å². The number of aromatic nitrogens is 1. The molecule has 0 bridgehead atoms. The van der Waals surface area contributed by atoms with Crippen molar-refractivity contribution in [2.75, 3.05) is 13.3 Å². The zero-order chi connectivity index (χ0) is 26.8. The van der Waals surface area contributed by atoms with Gasteiger partial charge in [-0.3, -0.25) is 0 Å². The van der Waals surface area contributed by atoms with Gasteiger partial charge in [0.05, 0.1) is 0 Å². The summed E-state index contributed by atoms with van der Waals surface area (Å²) in [6, 6.07) is 29.9. The third-order valence-electron chi connectivity index (χ3n) is 8.17. The van der Waals surface area contributed by atoms with Crippen molar-refractivity contribution in [1.82, 2.24) is 4.98 Å². The SMILES string of the molecule is CC1=CP(C)(C)(c2cccc3c2-c2ncccc2B3c2oc3ccccc3c2-c2ccccc2)OC(C)=CC1. The normalized spacial score (nSPS) is 18.2. The van der Waals surface area contributed by atoms with Crippen molar-refractivity contribution < 1.29 is 8.94 Å². The van der Waals surface area contributed by atoms with Crippen molar-refractivity contribution in [3.05, 3.63) is 114 Å². The molecule has 0 aliphatic carbocycles. The molecule has 0 radical (unpaired) electrons. The number of allylic oxidation sites excluding steroid dienone is 3. The zero-order valence-electron chi connectivity index (χ0n) is 22.8. The molecule has 0 saturated heterocycles. The number of fused-ring (bicyclic) bond motifs is 4. The van der Waals surface area contributed by atoms with Gasteiger partial charge in [0.15, 0.2) is 0 Å². The molecule has 0 unspecified atom stereocenters. The average molecular weight is 527 g/mol. The van der Waals surface area contributed by atoms with Gasteiger partial charge in [-0.25, -0.2) is 0 Å². The van der Waals surface area contributed by atoms with E-state index in [0.717, 1.165) is 45.6 Å². The van der Waals surface area contributed by atoms with Crippen LogP contribution in [0.3, 0.4) is 0 Å². The Labute approximate surface area is 230 Å². The van der Waals surface area contributed by atoms with Crippen LogP contribution in [0, 0.1) is 0 Å². The van der Waals surface area contributed by atoms with Crippen LogP contribution in [0.15, 0.2) is 119 Å². The predicted molar refractivity (Wildman–Crippen MR) is 168 cm³/mol. The van der Waals surface area contributed by atoms with Gasteiger partial charge in [-0.05, 0) is 0 Å². The molecule has 0 spiro atoms. The first-order chi connectivity index (χ1) is 18.8. The van der Waals surface area contributed by atoms with E-state index < -0.39 is 6.83 Å². The number of hydrogen-bond acceptors (Lipinski definition) is 3. The summed E-state index contributed by atoms with van der Waals surface area (Å²) in [6.07, 6.45) is 5.02. The van der Waals surface area contributed by atoms with Gasteiger partial charge < -0.3 is 0 Å². The summed E-state index contributed by atoms with van der Waals surface area (Å²) in [4.78, 5) is 5.00. The van der Waals surface area contributed by atoms with Crippen LogP contribution in [-0.2, 0) is 4.52 Å². The molecule has 0 fully saturated rings. The summed E-state index contributed by atoms with van der Waals surface area (Å²) in [7, 11) is 0. The minimum absolute atomic E-state index is 0.0708. The van der Waals surface area contributed by atoms with Gasteiger partial charge >= 0.3 is 231 Å². The van der Waals surface area contributed by atoms with Crippen molar-refractivity contribution in [1.29, 1.82) is 0 Å². The van der Waals surface area contributed by atoms with Crippen LogP contribution in [0.25, 0.3) is 33.4 Å². The van der Waals surface area contributed by atoms with Crippen molar-refractivity contribution >= 4 is 46.4 Å². The Hall–Kier alpha value is -3.88. The molecule has 5 heteroatoms. The molecule has 192 valence electrons. The summed E-state index contributed by atoms with van der Waals surface area (Å²) >= 11 is 0. The molecular formula is C34H31BNO2P. The number of nitrogens with zero attached hydrogens (tertiary/aromatic N) is 1. The van der Waals surface area contributed by atoms with E-state index in [-0.39, 0.29) is 6.71 Å². The number of pyridine rings is 1. The predicted octanol–water partition coefficient (Wildman–Crippen LogP) is 6.57. The molecule has 3 aromatic carbocycles. The van der Waals surface area contributed by atoms with Crippen LogP contribution in [0.1, 0.15) is 20.3 Å². The van der Waals surface area contributed by atoms with Crippen molar-refractivity contribution in [2.45, 2.75) is 20.3 Å². The van der Waals surface area contributed by atoms with Gasteiger partial charge in [-0.1, -0.05) is 0 Å². The first kappa shape index (κ1) is 24.2. The Balaban J connectivity index is 1.54. The van der Waals surface area contributed by atoms with Gasteiger partial charge in [-0.2, -0.15) is 0 Å². The summed E-state index contributed by atoms with van der Waals surface area (Å²) in [6.45, 7) is 5.90. The molecule has 2 aliphatic rings. The fourth-order valence-corrected chi connectivity index (χ4v) is 10.8. The van der Waals surface area contributed by atoms with Crippen LogP contribution < -0.4 is 21.9 Å².